The molecule has 1 aromatic rings. The Balaban J connectivity index is 1.55. The lowest BCUT2D eigenvalue weighted by atomic mass is 9.95. The van der Waals surface area contributed by atoms with Crippen LogP contribution in [0.5, 0.6) is 0 Å². The maximum atomic E-state index is 3.59. The zero-order valence-corrected chi connectivity index (χ0v) is 12.3. The highest BCUT2D eigenvalue weighted by atomic mass is 32.1. The Labute approximate surface area is 115 Å². The second-order valence-electron chi connectivity index (χ2n) is 5.25. The monoisotopic (exact) mass is 266 g/mol. The van der Waals surface area contributed by atoms with Gasteiger partial charge in [-0.2, -0.15) is 0 Å². The van der Waals surface area contributed by atoms with E-state index in [2.05, 4.69) is 29.0 Å². The lowest BCUT2D eigenvalue weighted by Crippen LogP contribution is -2.30. The summed E-state index contributed by atoms with van der Waals surface area (Å²) in [7, 11) is 0. The molecule has 0 radical (unpaired) electrons. The lowest BCUT2D eigenvalue weighted by Gasteiger charge is -2.22. The molecule has 1 aliphatic rings. The molecule has 2 heterocycles. The van der Waals surface area contributed by atoms with Crippen LogP contribution in [0.15, 0.2) is 11.4 Å². The molecule has 2 rings (SSSR count). The van der Waals surface area contributed by atoms with Crippen LogP contribution in [0.25, 0.3) is 0 Å². The molecular formula is C15H26N2S. The van der Waals surface area contributed by atoms with Gasteiger partial charge in [-0.3, -0.25) is 0 Å². The summed E-state index contributed by atoms with van der Waals surface area (Å²) in [4.78, 5) is 1.52. The van der Waals surface area contributed by atoms with Crippen LogP contribution >= 0.6 is 11.3 Å². The number of nitrogens with one attached hydrogen (secondary N) is 2. The Morgan fingerprint density at radius 2 is 2.44 bits per heavy atom. The average Bonchev–Trinajstić information content (AvgIpc) is 2.87. The van der Waals surface area contributed by atoms with E-state index >= 15 is 0 Å². The van der Waals surface area contributed by atoms with Gasteiger partial charge in [-0.15, -0.1) is 11.3 Å². The van der Waals surface area contributed by atoms with Crippen LogP contribution in [0.2, 0.25) is 0 Å². The number of rotatable bonds is 7. The van der Waals surface area contributed by atoms with Gasteiger partial charge in [0, 0.05) is 11.4 Å². The quantitative estimate of drug-likeness (QED) is 0.741. The highest BCUT2D eigenvalue weighted by Crippen LogP contribution is 2.17. The second-order valence-corrected chi connectivity index (χ2v) is 6.25. The van der Waals surface area contributed by atoms with Crippen LogP contribution in [0.3, 0.4) is 0 Å². The fourth-order valence-corrected chi connectivity index (χ4v) is 3.67. The Kier molecular flexibility index (Phi) is 6.18. The van der Waals surface area contributed by atoms with Gasteiger partial charge in [0.05, 0.1) is 0 Å². The molecule has 1 aliphatic heterocycles. The van der Waals surface area contributed by atoms with Crippen molar-refractivity contribution in [3.63, 3.8) is 0 Å². The van der Waals surface area contributed by atoms with Crippen LogP contribution < -0.4 is 10.6 Å². The Morgan fingerprint density at radius 1 is 1.50 bits per heavy atom. The molecule has 2 N–H and O–H groups in total. The molecule has 1 unspecified atom stereocenters. The van der Waals surface area contributed by atoms with Gasteiger partial charge >= 0.3 is 0 Å². The zero-order chi connectivity index (χ0) is 12.6. The molecule has 18 heavy (non-hydrogen) atoms. The van der Waals surface area contributed by atoms with Crippen molar-refractivity contribution in [2.45, 2.75) is 45.6 Å². The predicted octanol–water partition coefficient (Wildman–Crippen LogP) is 3.18. The minimum absolute atomic E-state index is 0.925. The third-order valence-corrected chi connectivity index (χ3v) is 4.83. The highest BCUT2D eigenvalue weighted by molar-refractivity contribution is 7.10. The average molecular weight is 266 g/mol. The van der Waals surface area contributed by atoms with E-state index in [1.54, 1.807) is 0 Å². The Hall–Kier alpha value is -0.380. The normalized spacial score (nSPS) is 20.2. The summed E-state index contributed by atoms with van der Waals surface area (Å²) in [5, 5.41) is 9.30. The van der Waals surface area contributed by atoms with E-state index in [0.29, 0.717) is 0 Å². The fourth-order valence-electron chi connectivity index (χ4n) is 2.73. The number of piperidine rings is 1. The molecule has 0 aliphatic carbocycles. The van der Waals surface area contributed by atoms with Crippen molar-refractivity contribution >= 4 is 11.3 Å². The van der Waals surface area contributed by atoms with Gasteiger partial charge in [0.25, 0.3) is 0 Å². The fraction of sp³-hybridized carbons (Fsp3) is 0.733. The number of thiophene rings is 1. The smallest absolute Gasteiger partial charge is 0.0302 e. The largest absolute Gasteiger partial charge is 0.316 e. The van der Waals surface area contributed by atoms with E-state index in [0.717, 1.165) is 25.4 Å². The lowest BCUT2D eigenvalue weighted by molar-refractivity contribution is 0.348. The Morgan fingerprint density at radius 3 is 3.22 bits per heavy atom. The Bertz CT molecular complexity index is 329. The summed E-state index contributed by atoms with van der Waals surface area (Å²) in [5.41, 5.74) is 1.52. The molecule has 2 nitrogen and oxygen atoms in total. The van der Waals surface area contributed by atoms with E-state index in [4.69, 9.17) is 0 Å². The summed E-state index contributed by atoms with van der Waals surface area (Å²) in [6, 6.07) is 2.26. The van der Waals surface area contributed by atoms with Crippen molar-refractivity contribution in [1.82, 2.24) is 10.6 Å². The van der Waals surface area contributed by atoms with Crippen molar-refractivity contribution < 1.29 is 0 Å². The third kappa shape index (κ3) is 4.38. The van der Waals surface area contributed by atoms with Crippen molar-refractivity contribution in [2.75, 3.05) is 19.6 Å². The summed E-state index contributed by atoms with van der Waals surface area (Å²) in [5.74, 6) is 0.925. The zero-order valence-electron chi connectivity index (χ0n) is 11.5. The molecule has 0 bridgehead atoms. The topological polar surface area (TPSA) is 24.1 Å². The maximum absolute atomic E-state index is 3.59. The molecular weight excluding hydrogens is 240 g/mol. The molecule has 3 heteroatoms. The molecule has 0 saturated carbocycles. The first-order valence-corrected chi connectivity index (χ1v) is 8.24. The minimum atomic E-state index is 0.925. The third-order valence-electron chi connectivity index (χ3n) is 3.87. The van der Waals surface area contributed by atoms with Crippen molar-refractivity contribution in [3.05, 3.63) is 21.9 Å². The van der Waals surface area contributed by atoms with E-state index in [1.807, 2.05) is 11.3 Å². The first-order valence-electron chi connectivity index (χ1n) is 7.37. The highest BCUT2D eigenvalue weighted by Gasteiger charge is 2.11. The van der Waals surface area contributed by atoms with E-state index in [1.165, 1.54) is 49.2 Å². The van der Waals surface area contributed by atoms with Gasteiger partial charge < -0.3 is 10.6 Å². The van der Waals surface area contributed by atoms with Crippen molar-refractivity contribution in [1.29, 1.82) is 0 Å². The molecule has 102 valence electrons. The molecule has 1 saturated heterocycles. The second kappa shape index (κ2) is 7.93. The standard InChI is InChI=1S/C15H26N2S/c1-2-14-7-10-18-15(14)12-17-9-4-6-13-5-3-8-16-11-13/h7,10,13,16-17H,2-6,8-9,11-12H2,1H3. The minimum Gasteiger partial charge on any atom is -0.316 e. The molecule has 0 amide bonds. The summed E-state index contributed by atoms with van der Waals surface area (Å²) >= 11 is 1.89. The predicted molar refractivity (Wildman–Crippen MR) is 80.2 cm³/mol. The van der Waals surface area contributed by atoms with Crippen LogP contribution in [-0.2, 0) is 13.0 Å². The van der Waals surface area contributed by atoms with Gasteiger partial charge in [0.1, 0.15) is 0 Å². The van der Waals surface area contributed by atoms with Gasteiger partial charge in [0.15, 0.2) is 0 Å². The number of aryl methyl sites for hydroxylation is 1. The summed E-state index contributed by atoms with van der Waals surface area (Å²) in [6.07, 6.45) is 6.66. The van der Waals surface area contributed by atoms with E-state index in [-0.39, 0.29) is 0 Å². The molecule has 1 aromatic heterocycles. The van der Waals surface area contributed by atoms with Gasteiger partial charge in [-0.25, -0.2) is 0 Å². The van der Waals surface area contributed by atoms with E-state index in [9.17, 15) is 0 Å². The van der Waals surface area contributed by atoms with Gasteiger partial charge in [-0.05, 0) is 74.7 Å². The summed E-state index contributed by atoms with van der Waals surface area (Å²) in [6.45, 7) is 6.93. The van der Waals surface area contributed by atoms with Crippen molar-refractivity contribution in [2.24, 2.45) is 5.92 Å². The number of hydrogen-bond acceptors (Lipinski definition) is 3. The van der Waals surface area contributed by atoms with Crippen LogP contribution in [0.4, 0.5) is 0 Å². The maximum Gasteiger partial charge on any atom is 0.0302 e. The first-order chi connectivity index (χ1) is 8.90. The molecule has 1 fully saturated rings. The van der Waals surface area contributed by atoms with Crippen LogP contribution in [-0.4, -0.2) is 19.6 Å². The molecule has 0 aromatic carbocycles. The van der Waals surface area contributed by atoms with Gasteiger partial charge in [0.2, 0.25) is 0 Å². The molecule has 0 spiro atoms. The van der Waals surface area contributed by atoms with Crippen molar-refractivity contribution in [3.8, 4) is 0 Å². The number of hydrogen-bond donors (Lipinski definition) is 2. The SMILES string of the molecule is CCc1ccsc1CNCCCC1CCCNC1. The molecule has 1 atom stereocenters. The van der Waals surface area contributed by atoms with E-state index < -0.39 is 0 Å². The van der Waals surface area contributed by atoms with Crippen LogP contribution in [0, 0.1) is 5.92 Å². The summed E-state index contributed by atoms with van der Waals surface area (Å²) < 4.78 is 0. The first kappa shape index (κ1) is 14.0. The van der Waals surface area contributed by atoms with Crippen LogP contribution in [0.1, 0.15) is 43.0 Å². The van der Waals surface area contributed by atoms with Gasteiger partial charge in [-0.1, -0.05) is 6.92 Å².